The number of hydrogen-bond acceptors (Lipinski definition) is 46. The van der Waals surface area contributed by atoms with E-state index in [0.29, 0.717) is 0 Å². The highest BCUT2D eigenvalue weighted by Gasteiger charge is 2.59. The van der Waals surface area contributed by atoms with Crippen molar-refractivity contribution in [2.45, 2.75) is 276 Å². The Kier molecular flexibility index (Phi) is 29.2. The molecule has 0 unspecified atom stereocenters. The maximum absolute atomic E-state index is 11.6. The molecule has 0 aliphatic carbocycles. The van der Waals surface area contributed by atoms with Crippen LogP contribution < -0.4 is 0 Å². The van der Waals surface area contributed by atoms with E-state index in [1.165, 1.54) is 0 Å². The van der Waals surface area contributed by atoms with Crippen LogP contribution in [0.2, 0.25) is 0 Å². The van der Waals surface area contributed by atoms with Crippen molar-refractivity contribution in [2.24, 2.45) is 0 Å². The summed E-state index contributed by atoms with van der Waals surface area (Å²) in [4.78, 5) is 0. The van der Waals surface area contributed by atoms with Crippen molar-refractivity contribution in [3.8, 4) is 0 Å². The number of rotatable bonds is 25. The minimum atomic E-state index is -2.44. The van der Waals surface area contributed by atoms with Crippen molar-refractivity contribution in [3.05, 3.63) is 0 Å². The van der Waals surface area contributed by atoms with Gasteiger partial charge in [0.2, 0.25) is 0 Å². The fraction of sp³-hybridized carbons (Fsp3) is 1.00. The van der Waals surface area contributed by atoms with E-state index < -0.39 is 336 Å². The smallest absolute Gasteiger partial charge is 0.187 e. The molecule has 9 rings (SSSR count). The van der Waals surface area contributed by atoms with Crippen LogP contribution in [0.4, 0.5) is 0 Å². The lowest BCUT2D eigenvalue weighted by Gasteiger charge is -2.49. The van der Waals surface area contributed by atoms with Gasteiger partial charge in [0.1, 0.15) is 220 Å². The standard InChI is InChI=1S/C54H92O46/c55-1-10-19(61)28(70)37(79)47(88-10)84-8-17-25(67)30(72)39(81)49(94-17)97-43-34(76)22(64)14(5-59)92-53(43)99-42-33(75)21(63)12(3-57)90-51(42)86-7-16-27(69)32(74)41(46(83)87-16)96-52-45(36(78)24(66)13(4-58)91-52)100-54-44(35(77)23(65)15(6-60)93-54)98-50-40(82)31(73)26(68)18(95-50)9-85-48-38(80)29(71)20(62)11(2-56)89-48/h10-83H,1-9H2/t10-,11-,12-,13-,14-,15-,16-,17-,18-,19-,20-,21-,22-,23-,24-,25-,26-,27-,28+,29+,30+,31+,32+,33+,34+,35+,36+,37+,38+,39+,40+,41+,42+,43+,44+,45+,46+,47+,48+,49-,50-,51+,52-,53-,54-/m1/s1. The van der Waals surface area contributed by atoms with Crippen molar-refractivity contribution in [1.82, 2.24) is 0 Å². The molecule has 9 fully saturated rings. The molecule has 9 heterocycles. The van der Waals surface area contributed by atoms with E-state index in [4.69, 9.17) is 80.5 Å². The van der Waals surface area contributed by atoms with Gasteiger partial charge in [0, 0.05) is 0 Å². The molecule has 46 nitrogen and oxygen atoms in total. The van der Waals surface area contributed by atoms with Crippen LogP contribution in [-0.4, -0.2) is 484 Å². The van der Waals surface area contributed by atoms with E-state index in [-0.39, 0.29) is 0 Å². The van der Waals surface area contributed by atoms with Gasteiger partial charge in [-0.3, -0.25) is 0 Å². The molecule has 0 saturated carbocycles. The molecule has 100 heavy (non-hydrogen) atoms. The van der Waals surface area contributed by atoms with Gasteiger partial charge in [-0.1, -0.05) is 0 Å². The normalized spacial score (nSPS) is 53.7. The lowest BCUT2D eigenvalue weighted by molar-refractivity contribution is -0.407. The van der Waals surface area contributed by atoms with Gasteiger partial charge in [-0.15, -0.1) is 0 Å². The SMILES string of the molecule is OC[C@H]1O[C@H](OC[C@H]2O[C@H](O[C@@H]3[C@@H](O[C@@H]4[C@@H](OC[C@H]5O[C@H](O)[C@@H](O[C@H]6O[C@H](CO)[C@@H](O)[C@H](O)[C@@H]6O[C@H]6O[C@H](CO)[C@@H](O)[C@H](O)[C@@H]6O[C@H]6O[C@H](CO[C@H]7O[C@H](CO)[C@@H](O)[C@H](O)[C@@H]7O)[C@@H](O)[C@H](O)[C@@H]6O)[C@@H](O)[C@@H]5O)O[C@H](CO)[C@@H](O)[C@@H]4O)O[C@H](CO)[C@@H](O)[C@@H]3O)[C@@H](O)[C@@H](O)[C@@H]2O)[C@@H](O)[C@@H](O)[C@@H]1O. The zero-order chi connectivity index (χ0) is 73.4. The van der Waals surface area contributed by atoms with Gasteiger partial charge in [-0.05, 0) is 0 Å². The van der Waals surface area contributed by atoms with Crippen LogP contribution in [0.1, 0.15) is 0 Å². The second-order valence-electron chi connectivity index (χ2n) is 25.3. The average Bonchev–Trinajstić information content (AvgIpc) is 0.774. The Hall–Kier alpha value is -1.84. The third-order valence-electron chi connectivity index (χ3n) is 18.7. The van der Waals surface area contributed by atoms with Gasteiger partial charge in [-0.25, -0.2) is 0 Å². The van der Waals surface area contributed by atoms with Crippen molar-refractivity contribution in [1.29, 1.82) is 0 Å². The Bertz CT molecular complexity index is 2450. The van der Waals surface area contributed by atoms with Gasteiger partial charge < -0.3 is 229 Å². The summed E-state index contributed by atoms with van der Waals surface area (Å²) in [7, 11) is 0. The molecule has 9 aliphatic heterocycles. The van der Waals surface area contributed by atoms with Gasteiger partial charge in [0.25, 0.3) is 0 Å². The lowest BCUT2D eigenvalue weighted by Crippen LogP contribution is -2.68. The van der Waals surface area contributed by atoms with Crippen molar-refractivity contribution >= 4 is 0 Å². The van der Waals surface area contributed by atoms with Crippen LogP contribution in [-0.2, 0) is 80.5 Å². The molecule has 0 aromatic heterocycles. The van der Waals surface area contributed by atoms with Crippen LogP contribution in [0, 0.1) is 0 Å². The molecule has 9 aliphatic rings. The van der Waals surface area contributed by atoms with E-state index in [1.807, 2.05) is 0 Å². The Morgan fingerprint density at radius 3 is 0.670 bits per heavy atom. The predicted molar refractivity (Wildman–Crippen MR) is 297 cm³/mol. The summed E-state index contributed by atoms with van der Waals surface area (Å²) in [5.41, 5.74) is 0. The second-order valence-corrected chi connectivity index (χ2v) is 25.3. The summed E-state index contributed by atoms with van der Waals surface area (Å²) in [5.74, 6) is 0. The first-order valence-corrected chi connectivity index (χ1v) is 31.7. The Morgan fingerprint density at radius 1 is 0.170 bits per heavy atom. The number of hydrogen-bond donors (Lipinski definition) is 29. The number of aliphatic hydroxyl groups is 29. The number of ether oxygens (including phenoxy) is 17. The van der Waals surface area contributed by atoms with Gasteiger partial charge in [0.05, 0.1) is 59.5 Å². The van der Waals surface area contributed by atoms with Crippen LogP contribution in [0.25, 0.3) is 0 Å². The quantitative estimate of drug-likeness (QED) is 0.0404. The van der Waals surface area contributed by atoms with Crippen molar-refractivity contribution < 1.29 is 229 Å². The Morgan fingerprint density at radius 2 is 0.360 bits per heavy atom. The summed E-state index contributed by atoms with van der Waals surface area (Å²) in [6.07, 6.45) is -92.4. The van der Waals surface area contributed by atoms with Crippen LogP contribution in [0.3, 0.4) is 0 Å². The lowest BCUT2D eigenvalue weighted by atomic mass is 9.96. The maximum atomic E-state index is 11.6. The van der Waals surface area contributed by atoms with Crippen LogP contribution >= 0.6 is 0 Å². The van der Waals surface area contributed by atoms with Crippen molar-refractivity contribution in [2.75, 3.05) is 59.5 Å². The summed E-state index contributed by atoms with van der Waals surface area (Å²) < 4.78 is 96.2. The summed E-state index contributed by atoms with van der Waals surface area (Å²) in [6, 6.07) is 0. The monoisotopic (exact) mass is 1480 g/mol. The molecule has 0 radical (unpaired) electrons. The fourth-order valence-electron chi connectivity index (χ4n) is 12.6. The highest BCUT2D eigenvalue weighted by molar-refractivity contribution is 5.01. The van der Waals surface area contributed by atoms with E-state index >= 15 is 0 Å². The highest BCUT2D eigenvalue weighted by atomic mass is 16.8. The van der Waals surface area contributed by atoms with E-state index in [1.54, 1.807) is 0 Å². The Labute approximate surface area is 563 Å². The molecule has 45 atom stereocenters. The molecule has 0 aromatic carbocycles. The topological polar surface area (TPSA) is 744 Å². The number of aliphatic hydroxyl groups excluding tert-OH is 29. The van der Waals surface area contributed by atoms with Gasteiger partial charge >= 0.3 is 0 Å². The molecule has 46 heteroatoms. The zero-order valence-corrected chi connectivity index (χ0v) is 52.3. The average molecular weight is 1480 g/mol. The molecule has 0 amide bonds. The molecular weight excluding hydrogens is 1380 g/mol. The summed E-state index contributed by atoms with van der Waals surface area (Å²) in [6.45, 7) is -8.83. The molecule has 0 aromatic rings. The fourth-order valence-corrected chi connectivity index (χ4v) is 12.6. The molecule has 584 valence electrons. The molecule has 9 saturated heterocycles. The summed E-state index contributed by atoms with van der Waals surface area (Å²) in [5, 5.41) is 312. The molecule has 0 spiro atoms. The van der Waals surface area contributed by atoms with E-state index in [9.17, 15) is 148 Å². The van der Waals surface area contributed by atoms with Crippen molar-refractivity contribution in [3.63, 3.8) is 0 Å². The highest BCUT2D eigenvalue weighted by Crippen LogP contribution is 2.39. The molecular formula is C54H92O46. The largest absolute Gasteiger partial charge is 0.394 e. The van der Waals surface area contributed by atoms with E-state index in [2.05, 4.69) is 0 Å². The van der Waals surface area contributed by atoms with Crippen LogP contribution in [0.5, 0.6) is 0 Å². The predicted octanol–water partition coefficient (Wildman–Crippen LogP) is -20.6. The first-order chi connectivity index (χ1) is 47.4. The second kappa shape index (κ2) is 35.5. The molecule has 0 bridgehead atoms. The van der Waals surface area contributed by atoms with Crippen LogP contribution in [0.15, 0.2) is 0 Å². The maximum Gasteiger partial charge on any atom is 0.187 e. The van der Waals surface area contributed by atoms with Gasteiger partial charge in [-0.2, -0.15) is 0 Å². The third kappa shape index (κ3) is 17.2. The minimum absolute atomic E-state index is 0.859. The first-order valence-electron chi connectivity index (χ1n) is 31.7. The molecule has 29 N–H and O–H groups in total. The zero-order valence-electron chi connectivity index (χ0n) is 52.3. The first kappa shape index (κ1) is 82.2. The van der Waals surface area contributed by atoms with Gasteiger partial charge in [0.15, 0.2) is 56.6 Å². The minimum Gasteiger partial charge on any atom is -0.394 e. The Balaban J connectivity index is 0.880. The summed E-state index contributed by atoms with van der Waals surface area (Å²) >= 11 is 0. The van der Waals surface area contributed by atoms with E-state index in [0.717, 1.165) is 0 Å². The third-order valence-corrected chi connectivity index (χ3v) is 18.7.